The second-order valence-electron chi connectivity index (χ2n) is 3.49. The summed E-state index contributed by atoms with van der Waals surface area (Å²) in [6.45, 7) is 0. The Bertz CT molecular complexity index is 561. The molecule has 1 heterocycles. The first-order valence-corrected chi connectivity index (χ1v) is 5.96. The van der Waals surface area contributed by atoms with Crippen LogP contribution in [-0.4, -0.2) is 20.0 Å². The van der Waals surface area contributed by atoms with Gasteiger partial charge in [0.25, 0.3) is 0 Å². The zero-order chi connectivity index (χ0) is 13.1. The molecule has 0 saturated heterocycles. The van der Waals surface area contributed by atoms with Crippen molar-refractivity contribution in [2.24, 2.45) is 0 Å². The predicted octanol–water partition coefficient (Wildman–Crippen LogP) is 3.29. The number of rotatable bonds is 4. The van der Waals surface area contributed by atoms with Gasteiger partial charge in [0, 0.05) is 10.0 Å². The largest absolute Gasteiger partial charge is 0.493 e. The van der Waals surface area contributed by atoms with E-state index < -0.39 is 0 Å². The quantitative estimate of drug-likeness (QED) is 0.813. The van der Waals surface area contributed by atoms with Gasteiger partial charge < -0.3 is 13.9 Å². The fraction of sp³-hybridized carbons (Fsp3) is 0.154. The summed E-state index contributed by atoms with van der Waals surface area (Å²) in [7, 11) is 3.06. The molecule has 0 N–H and O–H groups in total. The molecule has 1 aromatic carbocycles. The van der Waals surface area contributed by atoms with Crippen molar-refractivity contribution in [1.82, 2.24) is 0 Å². The van der Waals surface area contributed by atoms with E-state index in [1.165, 1.54) is 20.5 Å². The average molecular weight is 311 g/mol. The minimum atomic E-state index is -0.215. The first kappa shape index (κ1) is 12.7. The van der Waals surface area contributed by atoms with Gasteiger partial charge in [0.1, 0.15) is 0 Å². The van der Waals surface area contributed by atoms with Gasteiger partial charge in [-0.05, 0) is 40.2 Å². The highest BCUT2D eigenvalue weighted by Gasteiger charge is 2.18. The number of hydrogen-bond donors (Lipinski definition) is 0. The summed E-state index contributed by atoms with van der Waals surface area (Å²) < 4.78 is 16.0. The number of carbonyl (C=O) groups excluding carboxylic acids is 1. The highest BCUT2D eigenvalue weighted by Crippen LogP contribution is 2.34. The van der Waals surface area contributed by atoms with Crippen LogP contribution in [0.1, 0.15) is 16.1 Å². The number of carbonyl (C=O) groups is 1. The van der Waals surface area contributed by atoms with Gasteiger partial charge in [-0.3, -0.25) is 4.79 Å². The van der Waals surface area contributed by atoms with Crippen LogP contribution in [0.2, 0.25) is 0 Å². The molecule has 0 aliphatic rings. The minimum Gasteiger partial charge on any atom is -0.493 e. The van der Waals surface area contributed by atoms with Gasteiger partial charge in [0.15, 0.2) is 17.3 Å². The third-order valence-electron chi connectivity index (χ3n) is 2.46. The predicted molar refractivity (Wildman–Crippen MR) is 69.4 cm³/mol. The summed E-state index contributed by atoms with van der Waals surface area (Å²) in [5, 5.41) is 0. The fourth-order valence-electron chi connectivity index (χ4n) is 1.57. The van der Waals surface area contributed by atoms with Crippen LogP contribution >= 0.6 is 15.9 Å². The van der Waals surface area contributed by atoms with E-state index in [1.807, 2.05) is 0 Å². The topological polar surface area (TPSA) is 48.7 Å². The molecule has 0 aliphatic carbocycles. The van der Waals surface area contributed by atoms with Crippen LogP contribution in [0.15, 0.2) is 39.4 Å². The summed E-state index contributed by atoms with van der Waals surface area (Å²) in [4.78, 5) is 12.2. The van der Waals surface area contributed by atoms with Gasteiger partial charge >= 0.3 is 0 Å². The van der Waals surface area contributed by atoms with E-state index >= 15 is 0 Å². The molecule has 4 nitrogen and oxygen atoms in total. The Morgan fingerprint density at radius 3 is 2.44 bits per heavy atom. The third kappa shape index (κ3) is 2.26. The van der Waals surface area contributed by atoms with Crippen molar-refractivity contribution >= 4 is 21.7 Å². The minimum absolute atomic E-state index is 0.215. The van der Waals surface area contributed by atoms with E-state index in [4.69, 9.17) is 13.9 Å². The Balaban J connectivity index is 2.48. The van der Waals surface area contributed by atoms with Crippen LogP contribution in [0.25, 0.3) is 0 Å². The number of ether oxygens (including phenoxy) is 2. The standard InChI is InChI=1S/C13H11BrO4/c1-16-11-6-8(9(14)7-12(11)17-2)13(15)10-4-3-5-18-10/h3-7H,1-2H3. The molecule has 1 aromatic heterocycles. The highest BCUT2D eigenvalue weighted by molar-refractivity contribution is 9.10. The van der Waals surface area contributed by atoms with E-state index in [9.17, 15) is 4.79 Å². The molecular weight excluding hydrogens is 300 g/mol. The van der Waals surface area contributed by atoms with Crippen LogP contribution in [0.4, 0.5) is 0 Å². The lowest BCUT2D eigenvalue weighted by molar-refractivity contribution is 0.101. The van der Waals surface area contributed by atoms with Crippen LogP contribution in [0.5, 0.6) is 11.5 Å². The average Bonchev–Trinajstić information content (AvgIpc) is 2.91. The molecule has 5 heteroatoms. The molecule has 0 bridgehead atoms. The molecular formula is C13H11BrO4. The molecule has 18 heavy (non-hydrogen) atoms. The Hall–Kier alpha value is -1.75. The van der Waals surface area contributed by atoms with E-state index in [0.717, 1.165) is 0 Å². The van der Waals surface area contributed by atoms with Gasteiger partial charge in [-0.15, -0.1) is 0 Å². The van der Waals surface area contributed by atoms with Crippen molar-refractivity contribution in [1.29, 1.82) is 0 Å². The molecule has 0 unspecified atom stereocenters. The van der Waals surface area contributed by atoms with Crippen molar-refractivity contribution in [3.63, 3.8) is 0 Å². The molecule has 0 aliphatic heterocycles. The van der Waals surface area contributed by atoms with Gasteiger partial charge in [-0.25, -0.2) is 0 Å². The van der Waals surface area contributed by atoms with E-state index in [2.05, 4.69) is 15.9 Å². The van der Waals surface area contributed by atoms with Crippen molar-refractivity contribution in [3.8, 4) is 11.5 Å². The first-order valence-electron chi connectivity index (χ1n) is 5.17. The summed E-state index contributed by atoms with van der Waals surface area (Å²) in [5.41, 5.74) is 0.461. The molecule has 0 atom stereocenters. The maximum Gasteiger partial charge on any atom is 0.229 e. The number of benzene rings is 1. The van der Waals surface area contributed by atoms with Crippen molar-refractivity contribution in [2.75, 3.05) is 14.2 Å². The van der Waals surface area contributed by atoms with Crippen LogP contribution in [-0.2, 0) is 0 Å². The maximum absolute atomic E-state index is 12.2. The summed E-state index contributed by atoms with van der Waals surface area (Å²) >= 11 is 3.34. The number of halogens is 1. The lowest BCUT2D eigenvalue weighted by atomic mass is 10.1. The number of furan rings is 1. The SMILES string of the molecule is COc1cc(Br)c(C(=O)c2ccco2)cc1OC. The maximum atomic E-state index is 12.2. The van der Waals surface area contributed by atoms with E-state index in [1.54, 1.807) is 24.3 Å². The van der Waals surface area contributed by atoms with E-state index in [-0.39, 0.29) is 11.5 Å². The van der Waals surface area contributed by atoms with E-state index in [0.29, 0.717) is 21.5 Å². The Kier molecular flexibility index (Phi) is 3.72. The van der Waals surface area contributed by atoms with Gasteiger partial charge in [-0.2, -0.15) is 0 Å². The first-order chi connectivity index (χ1) is 8.67. The third-order valence-corrected chi connectivity index (χ3v) is 3.12. The zero-order valence-corrected chi connectivity index (χ0v) is 11.5. The number of methoxy groups -OCH3 is 2. The molecule has 2 rings (SSSR count). The number of ketones is 1. The Morgan fingerprint density at radius 1 is 1.22 bits per heavy atom. The van der Waals surface area contributed by atoms with Crippen LogP contribution in [0, 0.1) is 0 Å². The molecule has 0 amide bonds. The monoisotopic (exact) mass is 310 g/mol. The van der Waals surface area contributed by atoms with Gasteiger partial charge in [0.05, 0.1) is 20.5 Å². The zero-order valence-electron chi connectivity index (χ0n) is 9.90. The Morgan fingerprint density at radius 2 is 1.89 bits per heavy atom. The van der Waals surface area contributed by atoms with Crippen LogP contribution in [0.3, 0.4) is 0 Å². The second-order valence-corrected chi connectivity index (χ2v) is 4.35. The van der Waals surface area contributed by atoms with Gasteiger partial charge in [0.2, 0.25) is 5.78 Å². The highest BCUT2D eigenvalue weighted by atomic mass is 79.9. The molecule has 94 valence electrons. The van der Waals surface area contributed by atoms with Crippen molar-refractivity contribution < 1.29 is 18.7 Å². The summed E-state index contributed by atoms with van der Waals surface area (Å²) in [6, 6.07) is 6.59. The molecule has 0 radical (unpaired) electrons. The van der Waals surface area contributed by atoms with Crippen molar-refractivity contribution in [3.05, 3.63) is 46.3 Å². The molecule has 0 saturated carbocycles. The van der Waals surface area contributed by atoms with Gasteiger partial charge in [-0.1, -0.05) is 0 Å². The normalized spacial score (nSPS) is 10.2. The molecule has 0 spiro atoms. The lowest BCUT2D eigenvalue weighted by Crippen LogP contribution is -2.02. The second kappa shape index (κ2) is 5.27. The smallest absolute Gasteiger partial charge is 0.229 e. The van der Waals surface area contributed by atoms with Crippen LogP contribution < -0.4 is 9.47 Å². The fourth-order valence-corrected chi connectivity index (χ4v) is 2.07. The lowest BCUT2D eigenvalue weighted by Gasteiger charge is -2.10. The number of hydrogen-bond acceptors (Lipinski definition) is 4. The molecule has 2 aromatic rings. The summed E-state index contributed by atoms with van der Waals surface area (Å²) in [5.74, 6) is 1.12. The molecule has 0 fully saturated rings. The summed E-state index contributed by atoms with van der Waals surface area (Å²) in [6.07, 6.45) is 1.46. The van der Waals surface area contributed by atoms with Crippen molar-refractivity contribution in [2.45, 2.75) is 0 Å². The Labute approximate surface area is 113 Å².